The fourth-order valence-corrected chi connectivity index (χ4v) is 17.3. The van der Waals surface area contributed by atoms with Crippen LogP contribution in [0.2, 0.25) is 0 Å². The van der Waals surface area contributed by atoms with Gasteiger partial charge in [-0.25, -0.2) is 4.98 Å². The predicted molar refractivity (Wildman–Crippen MR) is 265 cm³/mol. The average molecular weight is 936 g/mol. The molecule has 374 valence electrons. The molecule has 10 heteroatoms. The molecule has 6 aliphatic carbocycles. The van der Waals surface area contributed by atoms with Gasteiger partial charge in [-0.15, -0.1) is 0 Å². The number of hydrogen-bond donors (Lipinski definition) is 1. The smallest absolute Gasteiger partial charge is 0.309 e. The lowest BCUT2D eigenvalue weighted by atomic mass is 9.32. The zero-order valence-electron chi connectivity index (χ0n) is 43.5. The summed E-state index contributed by atoms with van der Waals surface area (Å²) in [6.45, 7) is 28.0. The number of amides is 1. The minimum atomic E-state index is -0.478. The molecule has 2 aromatic rings. The molecule has 1 N–H and O–H groups in total. The van der Waals surface area contributed by atoms with Gasteiger partial charge in [0.25, 0.3) is 0 Å². The second-order valence-electron chi connectivity index (χ2n) is 25.0. The third kappa shape index (κ3) is 7.72. The van der Waals surface area contributed by atoms with Crippen LogP contribution in [0.4, 0.5) is 0 Å². The molecule has 7 fully saturated rings. The number of H-pyrrole nitrogens is 1. The van der Waals surface area contributed by atoms with Gasteiger partial charge in [-0.3, -0.25) is 14.4 Å². The lowest BCUT2D eigenvalue weighted by Crippen LogP contribution is -2.67. The molecule has 0 spiro atoms. The van der Waals surface area contributed by atoms with Crippen LogP contribution in [-0.2, 0) is 28.6 Å². The number of unbranched alkanes of at least 4 members (excludes halogenated alkanes) is 1. The van der Waals surface area contributed by atoms with Crippen molar-refractivity contribution in [3.05, 3.63) is 48.4 Å². The molecular weight excluding hydrogens is 851 g/mol. The highest BCUT2D eigenvalue weighted by molar-refractivity contribution is 5.85. The third-order valence-corrected chi connectivity index (χ3v) is 21.4. The van der Waals surface area contributed by atoms with Crippen LogP contribution in [0, 0.1) is 73.9 Å². The molecule has 1 saturated heterocycles. The number of rotatable bonds is 14. The lowest BCUT2D eigenvalue weighted by Gasteiger charge is -2.73. The van der Waals surface area contributed by atoms with Crippen LogP contribution in [-0.4, -0.2) is 72.3 Å². The van der Waals surface area contributed by atoms with Gasteiger partial charge in [-0.1, -0.05) is 74.0 Å². The maximum Gasteiger partial charge on any atom is 0.309 e. The fraction of sp³-hybridized carbons (Fsp3) is 0.759. The predicted octanol–water partition coefficient (Wildman–Crippen LogP) is 12.3. The summed E-state index contributed by atoms with van der Waals surface area (Å²) < 4.78 is 23.1. The molecule has 1 amide bonds. The number of ether oxygens (including phenoxy) is 4. The Balaban J connectivity index is 0.911. The summed E-state index contributed by atoms with van der Waals surface area (Å²) in [6, 6.07) is 8.03. The summed E-state index contributed by atoms with van der Waals surface area (Å²) in [4.78, 5) is 53.5. The molecule has 0 radical (unpaired) electrons. The zero-order chi connectivity index (χ0) is 48.6. The van der Waals surface area contributed by atoms with Gasteiger partial charge in [0, 0.05) is 19.1 Å². The molecule has 9 rings (SSSR count). The summed E-state index contributed by atoms with van der Waals surface area (Å²) in [7, 11) is 1.67. The second kappa shape index (κ2) is 18.2. The summed E-state index contributed by atoms with van der Waals surface area (Å²) in [5.41, 5.74) is 2.55. The molecule has 13 atom stereocenters. The maximum atomic E-state index is 15.7. The van der Waals surface area contributed by atoms with Crippen molar-refractivity contribution in [2.24, 2.45) is 73.9 Å². The first-order chi connectivity index (χ1) is 32.3. The number of benzene rings is 1. The molecular formula is C58H85N3O7. The Bertz CT molecular complexity index is 2210. The highest BCUT2D eigenvalue weighted by atomic mass is 16.5. The van der Waals surface area contributed by atoms with Gasteiger partial charge in [-0.05, 0) is 178 Å². The first-order valence-electron chi connectivity index (χ1n) is 26.9. The molecule has 7 aliphatic rings. The average Bonchev–Trinajstić information content (AvgIpc) is 4.08. The van der Waals surface area contributed by atoms with Crippen LogP contribution in [0.1, 0.15) is 170 Å². The Morgan fingerprint density at radius 2 is 1.56 bits per heavy atom. The van der Waals surface area contributed by atoms with Crippen molar-refractivity contribution < 1.29 is 33.3 Å². The van der Waals surface area contributed by atoms with Crippen molar-refractivity contribution in [2.45, 2.75) is 171 Å². The number of nitrogens with zero attached hydrogens (tertiary/aromatic N) is 2. The Labute approximate surface area is 408 Å². The van der Waals surface area contributed by atoms with E-state index in [4.69, 9.17) is 23.9 Å². The van der Waals surface area contributed by atoms with Crippen LogP contribution < -0.4 is 4.74 Å². The highest BCUT2D eigenvalue weighted by Crippen LogP contribution is 2.78. The Morgan fingerprint density at radius 3 is 2.26 bits per heavy atom. The van der Waals surface area contributed by atoms with Gasteiger partial charge >= 0.3 is 11.9 Å². The number of fused-ring (bicyclic) bond motifs is 7. The van der Waals surface area contributed by atoms with E-state index in [1.54, 1.807) is 7.11 Å². The lowest BCUT2D eigenvalue weighted by molar-refractivity contribution is -0.251. The van der Waals surface area contributed by atoms with Crippen molar-refractivity contribution >= 4 is 17.8 Å². The number of carbonyl (C=O) groups excluding carboxylic acids is 3. The van der Waals surface area contributed by atoms with Gasteiger partial charge in [-0.2, -0.15) is 0 Å². The number of likely N-dealkylation sites (tertiary alicyclic amines) is 1. The van der Waals surface area contributed by atoms with Gasteiger partial charge in [0.15, 0.2) is 0 Å². The van der Waals surface area contributed by atoms with Crippen molar-refractivity contribution in [3.8, 4) is 17.0 Å². The number of aromatic amines is 1. The molecule has 2 unspecified atom stereocenters. The first-order valence-corrected chi connectivity index (χ1v) is 26.9. The van der Waals surface area contributed by atoms with Crippen LogP contribution in [0.25, 0.3) is 11.3 Å². The fourth-order valence-electron chi connectivity index (χ4n) is 17.3. The number of carbonyl (C=O) groups is 3. The quantitative estimate of drug-likeness (QED) is 0.113. The maximum absolute atomic E-state index is 15.7. The SMILES string of the molecule is C=C(C)[C@@H]1CC[C@]2(C(=O)N3CCC[C@H]3c3ncc(-c4ccc(OCCOC)cc4)[nH]3)CC[C@]3(C)[C@H](CC[C@@H]4[C@@]5(C)CC[C@H](OC(=O)C6CC(C(=O)OCCCC)C6(C)C)C(C)(C)[C@@H]5CC[C@]43C)[C@@H]12. The topological polar surface area (TPSA) is 120 Å². The largest absolute Gasteiger partial charge is 0.491 e. The van der Waals surface area contributed by atoms with Gasteiger partial charge in [0.05, 0.1) is 48.4 Å². The second-order valence-corrected chi connectivity index (χ2v) is 25.0. The van der Waals surface area contributed by atoms with E-state index >= 15 is 4.79 Å². The number of allylic oxidation sites excluding steroid dienone is 1. The van der Waals surface area contributed by atoms with Crippen molar-refractivity contribution in [3.63, 3.8) is 0 Å². The van der Waals surface area contributed by atoms with E-state index in [0.717, 1.165) is 113 Å². The van der Waals surface area contributed by atoms with Crippen molar-refractivity contribution in [1.82, 2.24) is 14.9 Å². The summed E-state index contributed by atoms with van der Waals surface area (Å²) in [5.74, 6) is 3.28. The van der Waals surface area contributed by atoms with Gasteiger partial charge < -0.3 is 28.8 Å². The van der Waals surface area contributed by atoms with E-state index in [0.29, 0.717) is 55.8 Å². The Morgan fingerprint density at radius 1 is 0.809 bits per heavy atom. The highest BCUT2D eigenvalue weighted by Gasteiger charge is 2.73. The number of imidazole rings is 1. The molecule has 2 heterocycles. The normalized spacial score (nSPS) is 38.8. The number of nitrogens with one attached hydrogen (secondary N) is 1. The number of esters is 2. The summed E-state index contributed by atoms with van der Waals surface area (Å²) >= 11 is 0. The first kappa shape index (κ1) is 49.3. The summed E-state index contributed by atoms with van der Waals surface area (Å²) in [6.07, 6.45) is 16.6. The van der Waals surface area contributed by atoms with E-state index in [-0.39, 0.29) is 68.9 Å². The van der Waals surface area contributed by atoms with E-state index < -0.39 is 5.41 Å². The molecule has 68 heavy (non-hydrogen) atoms. The van der Waals surface area contributed by atoms with Gasteiger partial charge in [0.2, 0.25) is 5.91 Å². The standard InChI is InChI=1S/C58H85N3O7/c1-12-13-31-67-50(62)41-34-42(53(41,4)5)51(63)68-47-24-25-55(8)45(54(47,6)7)23-26-57(10)46(55)21-20-40-48-39(36(2)3)22-27-58(48,29-28-56(40,57)9)52(64)61-30-14-15-44(61)49-59-35-43(60-49)37-16-18-38(19-17-37)66-33-32-65-11/h16-19,35,39-42,44-48H,2,12-15,20-34H2,1,3-11H3,(H,59,60)/t39-,40+,41?,42?,44-,45-,46+,47-,48+,55-,56+,57+,58-/m0/s1. The minimum absolute atomic E-state index is 0.0578. The molecule has 6 saturated carbocycles. The number of methoxy groups -OCH3 is 1. The molecule has 10 nitrogen and oxygen atoms in total. The van der Waals surface area contributed by atoms with Crippen LogP contribution in [0.15, 0.2) is 42.6 Å². The molecule has 1 aromatic heterocycles. The van der Waals surface area contributed by atoms with Crippen molar-refractivity contribution in [1.29, 1.82) is 0 Å². The molecule has 1 aliphatic heterocycles. The van der Waals surface area contributed by atoms with Crippen LogP contribution in [0.5, 0.6) is 5.75 Å². The van der Waals surface area contributed by atoms with Crippen LogP contribution in [0.3, 0.4) is 0 Å². The van der Waals surface area contributed by atoms with E-state index in [1.807, 2.05) is 32.2 Å². The number of hydrogen-bond acceptors (Lipinski definition) is 8. The Hall–Kier alpha value is -3.66. The van der Waals surface area contributed by atoms with E-state index in [1.165, 1.54) is 12.0 Å². The zero-order valence-corrected chi connectivity index (χ0v) is 43.5. The van der Waals surface area contributed by atoms with E-state index in [2.05, 4.69) is 77.1 Å². The van der Waals surface area contributed by atoms with Gasteiger partial charge in [0.1, 0.15) is 24.3 Å². The number of aromatic nitrogens is 2. The summed E-state index contributed by atoms with van der Waals surface area (Å²) in [5, 5.41) is 0. The van der Waals surface area contributed by atoms with Crippen LogP contribution >= 0.6 is 0 Å². The third-order valence-electron chi connectivity index (χ3n) is 21.4. The Kier molecular flexibility index (Phi) is 13.2. The molecule has 1 aromatic carbocycles. The molecule has 0 bridgehead atoms. The van der Waals surface area contributed by atoms with E-state index in [9.17, 15) is 9.59 Å². The minimum Gasteiger partial charge on any atom is -0.491 e. The monoisotopic (exact) mass is 936 g/mol. The van der Waals surface area contributed by atoms with Crippen molar-refractivity contribution in [2.75, 3.05) is 33.5 Å².